The molecule has 0 aromatic heterocycles. The molecule has 20 heavy (non-hydrogen) atoms. The van der Waals surface area contributed by atoms with Crippen molar-refractivity contribution in [2.24, 2.45) is 0 Å². The molecule has 0 amide bonds. The summed E-state index contributed by atoms with van der Waals surface area (Å²) in [7, 11) is 0. The number of Topliss-reactive ketones (excluding diaryl/α,β-unsaturated/α-hetero) is 1. The number of ketones is 1. The third kappa shape index (κ3) is 7.19. The van der Waals surface area contributed by atoms with E-state index in [1.54, 1.807) is 0 Å². The first-order valence-corrected chi connectivity index (χ1v) is 5.71. The molecule has 0 fully saturated rings. The van der Waals surface area contributed by atoms with Gasteiger partial charge in [-0.1, -0.05) is 6.58 Å². The molecule has 0 aliphatic heterocycles. The van der Waals surface area contributed by atoms with Crippen molar-refractivity contribution in [3.8, 4) is 0 Å². The van der Waals surface area contributed by atoms with Gasteiger partial charge in [0.05, 0.1) is 0 Å². The second-order valence-electron chi connectivity index (χ2n) is 3.80. The van der Waals surface area contributed by atoms with E-state index in [1.807, 2.05) is 0 Å². The summed E-state index contributed by atoms with van der Waals surface area (Å²) in [5, 5.41) is -3.55. The number of carbonyl (C=O) groups is 3. The summed E-state index contributed by atoms with van der Waals surface area (Å²) in [6.07, 6.45) is 0.707. The highest BCUT2D eigenvalue weighted by Gasteiger charge is 2.43. The van der Waals surface area contributed by atoms with Crippen LogP contribution >= 0.6 is 12.6 Å². The van der Waals surface area contributed by atoms with Gasteiger partial charge in [0.25, 0.3) is 0 Å². The van der Waals surface area contributed by atoms with Gasteiger partial charge in [-0.05, 0) is 6.92 Å². The van der Waals surface area contributed by atoms with Gasteiger partial charge in [-0.25, -0.2) is 9.59 Å². The number of carbonyl (C=O) groups excluding carboxylic acids is 3. The summed E-state index contributed by atoms with van der Waals surface area (Å²) in [5.41, 5.74) is 0. The van der Waals surface area contributed by atoms with Crippen molar-refractivity contribution in [1.29, 1.82) is 0 Å². The first-order valence-electron chi connectivity index (χ1n) is 5.26. The smallest absolute Gasteiger partial charge is 0.379 e. The summed E-state index contributed by atoms with van der Waals surface area (Å²) >= 11 is 2.91. The topological polar surface area (TPSA) is 78.9 Å². The second-order valence-corrected chi connectivity index (χ2v) is 4.46. The molecular formula is C11H14F2O6S. The molecule has 0 aliphatic carbocycles. The Morgan fingerprint density at radius 3 is 2.30 bits per heavy atom. The van der Waals surface area contributed by atoms with Crippen LogP contribution in [0, 0.1) is 0 Å². The third-order valence-electron chi connectivity index (χ3n) is 1.76. The summed E-state index contributed by atoms with van der Waals surface area (Å²) in [4.78, 5) is 33.4. The van der Waals surface area contributed by atoms with Crippen molar-refractivity contribution in [3.63, 3.8) is 0 Å². The van der Waals surface area contributed by atoms with Crippen LogP contribution in [0.4, 0.5) is 8.78 Å². The number of ether oxygens (including phenoxy) is 3. The van der Waals surface area contributed by atoms with Gasteiger partial charge in [-0.15, -0.1) is 12.6 Å². The molecule has 1 atom stereocenters. The molecule has 1 unspecified atom stereocenters. The van der Waals surface area contributed by atoms with Crippen molar-refractivity contribution in [1.82, 2.24) is 0 Å². The standard InChI is InChI=1S/C11H14F2O6S/c1-4-8(15)19-10(3,18-6-11(12,13)20)9(16)17-5-7(2)14/h4,20H,1,5-6H2,2-3H3. The Morgan fingerprint density at radius 2 is 1.90 bits per heavy atom. The van der Waals surface area contributed by atoms with E-state index in [2.05, 4.69) is 33.4 Å². The molecule has 0 spiro atoms. The fraction of sp³-hybridized carbons (Fsp3) is 0.545. The van der Waals surface area contributed by atoms with Crippen LogP contribution in [0.1, 0.15) is 13.8 Å². The summed E-state index contributed by atoms with van der Waals surface area (Å²) in [6.45, 7) is 3.21. The number of esters is 2. The van der Waals surface area contributed by atoms with Crippen molar-refractivity contribution in [3.05, 3.63) is 12.7 Å². The van der Waals surface area contributed by atoms with Crippen LogP contribution in [0.3, 0.4) is 0 Å². The van der Waals surface area contributed by atoms with Gasteiger partial charge in [-0.2, -0.15) is 8.78 Å². The highest BCUT2D eigenvalue weighted by Crippen LogP contribution is 2.23. The van der Waals surface area contributed by atoms with Gasteiger partial charge in [0.15, 0.2) is 5.78 Å². The second kappa shape index (κ2) is 7.34. The Hall–Kier alpha value is -1.48. The Labute approximate surface area is 119 Å². The number of thiol groups is 1. The van der Waals surface area contributed by atoms with Gasteiger partial charge < -0.3 is 14.2 Å². The van der Waals surface area contributed by atoms with E-state index in [0.717, 1.165) is 13.8 Å². The quantitative estimate of drug-likeness (QED) is 0.313. The maximum atomic E-state index is 12.6. The summed E-state index contributed by atoms with van der Waals surface area (Å²) in [5.74, 6) is -5.32. The van der Waals surface area contributed by atoms with Crippen LogP contribution in [-0.2, 0) is 28.6 Å². The predicted molar refractivity (Wildman–Crippen MR) is 66.2 cm³/mol. The van der Waals surface area contributed by atoms with Crippen LogP contribution in [0.25, 0.3) is 0 Å². The molecule has 6 nitrogen and oxygen atoms in total. The first kappa shape index (κ1) is 18.5. The molecule has 0 saturated carbocycles. The Morgan fingerprint density at radius 1 is 1.35 bits per heavy atom. The Kier molecular flexibility index (Phi) is 6.80. The van der Waals surface area contributed by atoms with Gasteiger partial charge in [0.2, 0.25) is 0 Å². The lowest BCUT2D eigenvalue weighted by atomic mass is 10.3. The van der Waals surface area contributed by atoms with Gasteiger partial charge in [0, 0.05) is 13.0 Å². The number of rotatable bonds is 8. The average Bonchev–Trinajstić information content (AvgIpc) is 2.32. The minimum atomic E-state index is -3.55. The van der Waals surface area contributed by atoms with E-state index in [9.17, 15) is 23.2 Å². The highest BCUT2D eigenvalue weighted by molar-refractivity contribution is 7.81. The lowest BCUT2D eigenvalue weighted by Crippen LogP contribution is -2.46. The number of halogens is 2. The van der Waals surface area contributed by atoms with E-state index in [1.165, 1.54) is 0 Å². The van der Waals surface area contributed by atoms with Gasteiger partial charge >= 0.3 is 23.0 Å². The first-order chi connectivity index (χ1) is 9.00. The van der Waals surface area contributed by atoms with Crippen molar-refractivity contribution >= 4 is 30.4 Å². The van der Waals surface area contributed by atoms with Crippen LogP contribution in [0.5, 0.6) is 0 Å². The number of hydrogen-bond donors (Lipinski definition) is 1. The minimum Gasteiger partial charge on any atom is -0.453 e. The molecular weight excluding hydrogens is 298 g/mol. The van der Waals surface area contributed by atoms with Crippen molar-refractivity contribution in [2.75, 3.05) is 13.2 Å². The van der Waals surface area contributed by atoms with E-state index in [-0.39, 0.29) is 0 Å². The molecule has 9 heteroatoms. The molecule has 0 radical (unpaired) electrons. The molecule has 0 heterocycles. The molecule has 0 aromatic rings. The SMILES string of the molecule is C=CC(=O)OC(C)(OCC(F)(F)S)C(=O)OCC(C)=O. The van der Waals surface area contributed by atoms with E-state index < -0.39 is 42.0 Å². The lowest BCUT2D eigenvalue weighted by Gasteiger charge is -2.27. The molecule has 0 aromatic carbocycles. The zero-order valence-electron chi connectivity index (χ0n) is 10.9. The maximum absolute atomic E-state index is 12.6. The molecule has 0 bridgehead atoms. The van der Waals surface area contributed by atoms with Crippen LogP contribution in [-0.4, -0.2) is 42.0 Å². The third-order valence-corrected chi connectivity index (χ3v) is 1.89. The lowest BCUT2D eigenvalue weighted by molar-refractivity contribution is -0.243. The number of alkyl halides is 2. The zero-order valence-corrected chi connectivity index (χ0v) is 11.7. The maximum Gasteiger partial charge on any atom is 0.379 e. The predicted octanol–water partition coefficient (Wildman–Crippen LogP) is 1.10. The summed E-state index contributed by atoms with van der Waals surface area (Å²) < 4.78 is 38.8. The van der Waals surface area contributed by atoms with E-state index in [4.69, 9.17) is 0 Å². The van der Waals surface area contributed by atoms with E-state index >= 15 is 0 Å². The largest absolute Gasteiger partial charge is 0.453 e. The van der Waals surface area contributed by atoms with Crippen LogP contribution in [0.15, 0.2) is 12.7 Å². The normalized spacial score (nSPS) is 14.1. The molecule has 0 aliphatic rings. The fourth-order valence-electron chi connectivity index (χ4n) is 0.886. The monoisotopic (exact) mass is 312 g/mol. The molecule has 0 saturated heterocycles. The van der Waals surface area contributed by atoms with E-state index in [0.29, 0.717) is 6.08 Å². The van der Waals surface area contributed by atoms with Gasteiger partial charge in [-0.3, -0.25) is 4.79 Å². The van der Waals surface area contributed by atoms with Crippen molar-refractivity contribution < 1.29 is 37.4 Å². The minimum absolute atomic E-state index is 0.490. The summed E-state index contributed by atoms with van der Waals surface area (Å²) in [6, 6.07) is 0. The average molecular weight is 312 g/mol. The number of hydrogen-bond acceptors (Lipinski definition) is 7. The van der Waals surface area contributed by atoms with Crippen LogP contribution in [0.2, 0.25) is 0 Å². The fourth-order valence-corrected chi connectivity index (χ4v) is 0.951. The highest BCUT2D eigenvalue weighted by atomic mass is 32.1. The molecule has 0 rings (SSSR count). The van der Waals surface area contributed by atoms with Crippen LogP contribution < -0.4 is 0 Å². The van der Waals surface area contributed by atoms with Gasteiger partial charge in [0.1, 0.15) is 13.2 Å². The molecule has 114 valence electrons. The Balaban J connectivity index is 4.93. The van der Waals surface area contributed by atoms with Crippen molar-refractivity contribution in [2.45, 2.75) is 24.9 Å². The molecule has 0 N–H and O–H groups in total. The Bertz CT molecular complexity index is 406. The zero-order chi connectivity index (χ0) is 16.0.